The van der Waals surface area contributed by atoms with Gasteiger partial charge in [0.1, 0.15) is 11.9 Å². The molecule has 29 heavy (non-hydrogen) atoms. The van der Waals surface area contributed by atoms with Crippen LogP contribution in [-0.4, -0.2) is 26.6 Å². The van der Waals surface area contributed by atoms with Crippen LogP contribution in [0.25, 0.3) is 0 Å². The topological polar surface area (TPSA) is 66.5 Å². The maximum absolute atomic E-state index is 13.3. The number of rotatable bonds is 7. The summed E-state index contributed by atoms with van der Waals surface area (Å²) in [6.45, 7) is 3.65. The molecule has 156 valence electrons. The largest absolute Gasteiger partial charge is 0.348 e. The number of nitrogens with zero attached hydrogens (tertiary/aromatic N) is 1. The van der Waals surface area contributed by atoms with Crippen molar-refractivity contribution in [1.82, 2.24) is 5.32 Å². The van der Waals surface area contributed by atoms with Gasteiger partial charge in [-0.2, -0.15) is 0 Å². The van der Waals surface area contributed by atoms with Gasteiger partial charge in [0.15, 0.2) is 0 Å². The highest BCUT2D eigenvalue weighted by atomic mass is 32.2. The zero-order valence-corrected chi connectivity index (χ0v) is 17.8. The predicted molar refractivity (Wildman–Crippen MR) is 113 cm³/mol. The molecule has 0 aromatic heterocycles. The molecule has 0 bridgehead atoms. The lowest BCUT2D eigenvalue weighted by Crippen LogP contribution is -2.49. The smallest absolute Gasteiger partial charge is 0.244 e. The number of hydrogen-bond acceptors (Lipinski definition) is 3. The van der Waals surface area contributed by atoms with Crippen molar-refractivity contribution in [2.24, 2.45) is 0 Å². The average molecular weight is 419 g/mol. The molecular weight excluding hydrogens is 391 g/mol. The van der Waals surface area contributed by atoms with Gasteiger partial charge in [0.05, 0.1) is 18.0 Å². The van der Waals surface area contributed by atoms with Crippen molar-refractivity contribution in [3.63, 3.8) is 0 Å². The van der Waals surface area contributed by atoms with Crippen LogP contribution in [0.4, 0.5) is 10.1 Å². The molecule has 1 amide bonds. The van der Waals surface area contributed by atoms with Gasteiger partial charge in [-0.05, 0) is 73.6 Å². The third kappa shape index (κ3) is 4.78. The number of anilines is 1. The van der Waals surface area contributed by atoms with E-state index >= 15 is 0 Å². The summed E-state index contributed by atoms with van der Waals surface area (Å²) in [5, 5.41) is 2.95. The number of carbonyl (C=O) groups is 1. The molecule has 0 fully saturated rings. The predicted octanol–water partition coefficient (Wildman–Crippen LogP) is 3.74. The van der Waals surface area contributed by atoms with Crippen LogP contribution in [0.1, 0.15) is 49.4 Å². The van der Waals surface area contributed by atoms with Crippen LogP contribution in [0.15, 0.2) is 42.5 Å². The van der Waals surface area contributed by atoms with Crippen LogP contribution in [0, 0.1) is 5.82 Å². The van der Waals surface area contributed by atoms with Gasteiger partial charge in [-0.1, -0.05) is 25.1 Å². The number of halogens is 1. The number of benzene rings is 2. The summed E-state index contributed by atoms with van der Waals surface area (Å²) in [6.07, 6.45) is 4.63. The van der Waals surface area contributed by atoms with Gasteiger partial charge < -0.3 is 5.32 Å². The lowest BCUT2D eigenvalue weighted by Gasteiger charge is -2.31. The van der Waals surface area contributed by atoms with E-state index in [-0.39, 0.29) is 24.1 Å². The van der Waals surface area contributed by atoms with Crippen LogP contribution in [0.5, 0.6) is 0 Å². The molecule has 0 saturated carbocycles. The molecule has 0 radical (unpaired) electrons. The molecular formula is C22H27FN2O3S. The van der Waals surface area contributed by atoms with Gasteiger partial charge >= 0.3 is 0 Å². The van der Waals surface area contributed by atoms with Crippen molar-refractivity contribution in [2.45, 2.75) is 51.6 Å². The minimum absolute atomic E-state index is 0.253. The van der Waals surface area contributed by atoms with E-state index in [0.717, 1.165) is 35.4 Å². The van der Waals surface area contributed by atoms with E-state index in [1.54, 1.807) is 6.92 Å². The molecule has 7 heteroatoms. The Bertz CT molecular complexity index is 990. The Balaban J connectivity index is 1.83. The van der Waals surface area contributed by atoms with E-state index in [1.807, 2.05) is 13.0 Å². The second kappa shape index (κ2) is 8.53. The number of nitrogens with one attached hydrogen (secondary N) is 1. The molecule has 1 aliphatic carbocycles. The maximum Gasteiger partial charge on any atom is 0.244 e. The standard InChI is InChI=1S/C22H27FN2O3S/c1-4-21(25(29(3,27)28)20-12-10-19(23)11-13-20)22(26)24-15(2)17-9-8-16-6-5-7-18(16)14-17/h8-15,21H,4-7H2,1-3H3,(H,24,26). The number of carbonyl (C=O) groups excluding carboxylic acids is 1. The highest BCUT2D eigenvalue weighted by molar-refractivity contribution is 7.92. The number of fused-ring (bicyclic) bond motifs is 1. The van der Waals surface area contributed by atoms with Crippen LogP contribution in [0.3, 0.4) is 0 Å². The van der Waals surface area contributed by atoms with Gasteiger partial charge in [-0.3, -0.25) is 9.10 Å². The molecule has 0 saturated heterocycles. The normalized spacial score (nSPS) is 15.4. The van der Waals surface area contributed by atoms with Crippen LogP contribution in [-0.2, 0) is 27.7 Å². The minimum Gasteiger partial charge on any atom is -0.348 e. The Morgan fingerprint density at radius 2 is 1.79 bits per heavy atom. The monoisotopic (exact) mass is 418 g/mol. The van der Waals surface area contributed by atoms with Crippen molar-refractivity contribution in [3.8, 4) is 0 Å². The third-order valence-corrected chi connectivity index (χ3v) is 6.57. The summed E-state index contributed by atoms with van der Waals surface area (Å²) in [4.78, 5) is 13.0. The number of amides is 1. The number of aryl methyl sites for hydroxylation is 2. The molecule has 0 heterocycles. The Morgan fingerprint density at radius 1 is 1.14 bits per heavy atom. The quantitative estimate of drug-likeness (QED) is 0.745. The molecule has 5 nitrogen and oxygen atoms in total. The highest BCUT2D eigenvalue weighted by Gasteiger charge is 2.32. The van der Waals surface area contributed by atoms with Crippen molar-refractivity contribution >= 4 is 21.6 Å². The number of sulfonamides is 1. The summed E-state index contributed by atoms with van der Waals surface area (Å²) in [6, 6.07) is 10.2. The molecule has 2 aromatic rings. The molecule has 0 spiro atoms. The Morgan fingerprint density at radius 3 is 2.41 bits per heavy atom. The van der Waals surface area contributed by atoms with Crippen molar-refractivity contribution in [2.75, 3.05) is 10.6 Å². The Hall–Kier alpha value is -2.41. The van der Waals surface area contributed by atoms with Crippen molar-refractivity contribution in [1.29, 1.82) is 0 Å². The van der Waals surface area contributed by atoms with Gasteiger partial charge in [0, 0.05) is 0 Å². The second-order valence-corrected chi connectivity index (χ2v) is 9.43. The summed E-state index contributed by atoms with van der Waals surface area (Å²) in [5.74, 6) is -0.847. The van der Waals surface area contributed by atoms with Gasteiger partial charge in [-0.15, -0.1) is 0 Å². The van der Waals surface area contributed by atoms with Gasteiger partial charge in [-0.25, -0.2) is 12.8 Å². The molecule has 1 N–H and O–H groups in total. The van der Waals surface area contributed by atoms with E-state index in [2.05, 4.69) is 17.4 Å². The molecule has 2 aromatic carbocycles. The molecule has 3 rings (SSSR count). The molecule has 2 unspecified atom stereocenters. The summed E-state index contributed by atoms with van der Waals surface area (Å²) in [7, 11) is -3.75. The van der Waals surface area contributed by atoms with E-state index in [1.165, 1.54) is 35.4 Å². The van der Waals surface area contributed by atoms with Crippen LogP contribution in [0.2, 0.25) is 0 Å². The number of hydrogen-bond donors (Lipinski definition) is 1. The van der Waals surface area contributed by atoms with E-state index < -0.39 is 21.9 Å². The lowest BCUT2D eigenvalue weighted by molar-refractivity contribution is -0.122. The van der Waals surface area contributed by atoms with E-state index in [0.29, 0.717) is 0 Å². The summed E-state index contributed by atoms with van der Waals surface area (Å²) >= 11 is 0. The zero-order valence-electron chi connectivity index (χ0n) is 17.0. The maximum atomic E-state index is 13.3. The highest BCUT2D eigenvalue weighted by Crippen LogP contribution is 2.26. The van der Waals surface area contributed by atoms with Gasteiger partial charge in [0.25, 0.3) is 0 Å². The fourth-order valence-electron chi connectivity index (χ4n) is 3.90. The summed E-state index contributed by atoms with van der Waals surface area (Å²) < 4.78 is 39.3. The average Bonchev–Trinajstić information content (AvgIpc) is 3.13. The second-order valence-electron chi connectivity index (χ2n) is 7.57. The third-order valence-electron chi connectivity index (χ3n) is 5.39. The van der Waals surface area contributed by atoms with Gasteiger partial charge in [0.2, 0.25) is 15.9 Å². The first kappa shape index (κ1) is 21.3. The fourth-order valence-corrected chi connectivity index (χ4v) is 5.11. The first-order valence-corrected chi connectivity index (χ1v) is 11.7. The van der Waals surface area contributed by atoms with Crippen molar-refractivity contribution < 1.29 is 17.6 Å². The zero-order chi connectivity index (χ0) is 21.2. The fraction of sp³-hybridized carbons (Fsp3) is 0.409. The molecule has 2 atom stereocenters. The summed E-state index contributed by atoms with van der Waals surface area (Å²) in [5.41, 5.74) is 3.95. The van der Waals surface area contributed by atoms with Crippen LogP contribution >= 0.6 is 0 Å². The van der Waals surface area contributed by atoms with Crippen molar-refractivity contribution in [3.05, 3.63) is 65.0 Å². The van der Waals surface area contributed by atoms with Crippen LogP contribution < -0.4 is 9.62 Å². The SMILES string of the molecule is CCC(C(=O)NC(C)c1ccc2c(c1)CCC2)N(c1ccc(F)cc1)S(C)(=O)=O. The first-order chi connectivity index (χ1) is 13.7. The Labute approximate surface area is 172 Å². The van der Waals surface area contributed by atoms with E-state index in [4.69, 9.17) is 0 Å². The Kier molecular flexibility index (Phi) is 6.27. The van der Waals surface area contributed by atoms with E-state index in [9.17, 15) is 17.6 Å². The molecule has 0 aliphatic heterocycles. The lowest BCUT2D eigenvalue weighted by atomic mass is 10.0. The molecule has 1 aliphatic rings. The minimum atomic E-state index is -3.75. The first-order valence-electron chi connectivity index (χ1n) is 9.87.